The highest BCUT2D eigenvalue weighted by atomic mass is 35.5. The molecular formula is C43H38ClF2N9O5S2. The molecule has 3 aromatic carbocycles. The molecule has 0 radical (unpaired) electrons. The van der Waals surface area contributed by atoms with E-state index in [0.29, 0.717) is 69.2 Å². The van der Waals surface area contributed by atoms with Crippen LogP contribution in [0.2, 0.25) is 5.02 Å². The molecule has 14 nitrogen and oxygen atoms in total. The SMILES string of the molecule is COc1ncc(-c2cc(OCCCNC(=O)C[C@@H]3N=C(c4ccc(Cl)cc4)c4c(sc(C)c4C)-n4c(C)nnc43)c3ncnc(C)c3c2)cc1NS(=O)(=O)c1ccc(F)cc1F. The number of halogens is 3. The van der Waals surface area contributed by atoms with Crippen molar-refractivity contribution in [3.63, 3.8) is 0 Å². The van der Waals surface area contributed by atoms with Crippen LogP contribution in [-0.4, -0.2) is 70.0 Å². The molecule has 0 spiro atoms. The van der Waals surface area contributed by atoms with E-state index in [0.717, 1.165) is 44.4 Å². The first-order valence-electron chi connectivity index (χ1n) is 19.3. The molecule has 7 aromatic rings. The van der Waals surface area contributed by atoms with Crippen LogP contribution in [0.15, 0.2) is 83.1 Å². The Balaban J connectivity index is 0.988. The normalized spacial score (nSPS) is 13.5. The number of thiophene rings is 1. The topological polar surface area (TPSA) is 175 Å². The minimum atomic E-state index is -4.52. The van der Waals surface area contributed by atoms with Crippen molar-refractivity contribution in [1.29, 1.82) is 0 Å². The number of benzene rings is 3. The van der Waals surface area contributed by atoms with Crippen molar-refractivity contribution < 1.29 is 31.5 Å². The maximum absolute atomic E-state index is 14.5. The van der Waals surface area contributed by atoms with E-state index in [2.05, 4.69) is 49.0 Å². The Kier molecular flexibility index (Phi) is 11.7. The summed E-state index contributed by atoms with van der Waals surface area (Å²) in [6, 6.07) is 14.1. The lowest BCUT2D eigenvalue weighted by atomic mass is 9.99. The summed E-state index contributed by atoms with van der Waals surface area (Å²) in [6.07, 6.45) is 3.38. The van der Waals surface area contributed by atoms with E-state index in [1.165, 1.54) is 25.7 Å². The number of ether oxygens (including phenoxy) is 2. The lowest BCUT2D eigenvalue weighted by Gasteiger charge is -2.15. The van der Waals surface area contributed by atoms with Crippen molar-refractivity contribution in [2.24, 2.45) is 4.99 Å². The van der Waals surface area contributed by atoms with Gasteiger partial charge in [0.1, 0.15) is 56.7 Å². The second-order valence-electron chi connectivity index (χ2n) is 14.5. The number of amides is 1. The molecule has 1 aliphatic rings. The zero-order valence-electron chi connectivity index (χ0n) is 34.0. The van der Waals surface area contributed by atoms with E-state index in [-0.39, 0.29) is 30.5 Å². The third kappa shape index (κ3) is 8.32. The first-order chi connectivity index (χ1) is 29.7. The van der Waals surface area contributed by atoms with Crippen LogP contribution in [0.5, 0.6) is 11.6 Å². The maximum Gasteiger partial charge on any atom is 0.264 e. The van der Waals surface area contributed by atoms with Gasteiger partial charge in [-0.25, -0.2) is 32.2 Å². The highest BCUT2D eigenvalue weighted by molar-refractivity contribution is 7.92. The van der Waals surface area contributed by atoms with Crippen LogP contribution in [0.4, 0.5) is 14.5 Å². The van der Waals surface area contributed by atoms with Gasteiger partial charge in [0, 0.05) is 56.5 Å². The first kappa shape index (κ1) is 42.3. The summed E-state index contributed by atoms with van der Waals surface area (Å²) >= 11 is 7.88. The number of fused-ring (bicyclic) bond motifs is 4. The van der Waals surface area contributed by atoms with Crippen molar-refractivity contribution in [2.45, 2.75) is 51.5 Å². The van der Waals surface area contributed by atoms with Crippen LogP contribution in [-0.2, 0) is 14.8 Å². The molecule has 0 bridgehead atoms. The van der Waals surface area contributed by atoms with E-state index in [1.807, 2.05) is 48.7 Å². The van der Waals surface area contributed by atoms with Gasteiger partial charge in [-0.1, -0.05) is 23.7 Å². The number of hydrogen-bond acceptors (Lipinski definition) is 12. The number of methoxy groups -OCH3 is 1. The van der Waals surface area contributed by atoms with Crippen molar-refractivity contribution in [2.75, 3.05) is 25.0 Å². The number of sulfonamides is 1. The lowest BCUT2D eigenvalue weighted by molar-refractivity contribution is -0.121. The van der Waals surface area contributed by atoms with Crippen molar-refractivity contribution in [3.05, 3.63) is 129 Å². The number of hydrogen-bond donors (Lipinski definition) is 2. The van der Waals surface area contributed by atoms with Crippen LogP contribution < -0.4 is 19.5 Å². The second kappa shape index (κ2) is 17.2. The van der Waals surface area contributed by atoms with Gasteiger partial charge in [-0.05, 0) is 87.7 Å². The third-order valence-corrected chi connectivity index (χ3v) is 13.2. The molecule has 4 aromatic heterocycles. The molecule has 19 heteroatoms. The molecule has 0 aliphatic carbocycles. The average Bonchev–Trinajstić information content (AvgIpc) is 3.72. The first-order valence-corrected chi connectivity index (χ1v) is 21.9. The fraction of sp³-hybridized carbons (Fsp3) is 0.233. The minimum absolute atomic E-state index is 0.0266. The summed E-state index contributed by atoms with van der Waals surface area (Å²) in [6.45, 7) is 8.34. The van der Waals surface area contributed by atoms with Gasteiger partial charge in [-0.3, -0.25) is 19.1 Å². The lowest BCUT2D eigenvalue weighted by Crippen LogP contribution is -2.27. The van der Waals surface area contributed by atoms with Crippen molar-refractivity contribution in [3.8, 4) is 27.8 Å². The van der Waals surface area contributed by atoms with Crippen LogP contribution in [0.25, 0.3) is 27.0 Å². The van der Waals surface area contributed by atoms with E-state index in [1.54, 1.807) is 17.4 Å². The van der Waals surface area contributed by atoms with Crippen molar-refractivity contribution in [1.82, 2.24) is 35.0 Å². The number of pyridine rings is 1. The standard InChI is InChI=1S/C43H38ClF2N9O5S2/c1-22-24(3)61-43-38(22)39(26-7-9-29(44)10-8-26)51-33(41-53-52-25(4)55(41)43)19-37(56)47-13-6-14-60-35-17-27(15-31-23(2)49-21-50-40(31)35)28-16-34(42(59-5)48-20-28)54-62(57,58)36-12-11-30(45)18-32(36)46/h7-12,15-18,20-21,33,54H,6,13-14,19H2,1-5H3,(H,47,56)/t33-/m0/s1. The summed E-state index contributed by atoms with van der Waals surface area (Å²) in [4.78, 5) is 32.2. The van der Waals surface area contributed by atoms with Crippen LogP contribution in [0.3, 0.4) is 0 Å². The van der Waals surface area contributed by atoms with Gasteiger partial charge < -0.3 is 14.8 Å². The summed E-state index contributed by atoms with van der Waals surface area (Å²) in [7, 11) is -3.21. The van der Waals surface area contributed by atoms with Gasteiger partial charge in [0.25, 0.3) is 10.0 Å². The summed E-state index contributed by atoms with van der Waals surface area (Å²) in [5, 5.41) is 14.1. The number of anilines is 1. The highest BCUT2D eigenvalue weighted by Gasteiger charge is 2.32. The van der Waals surface area contributed by atoms with Crippen LogP contribution in [0, 0.1) is 39.3 Å². The number of nitrogens with one attached hydrogen (secondary N) is 2. The van der Waals surface area contributed by atoms with E-state index in [4.69, 9.17) is 26.1 Å². The molecule has 8 rings (SSSR count). The molecule has 62 heavy (non-hydrogen) atoms. The molecule has 0 saturated heterocycles. The van der Waals surface area contributed by atoms with Gasteiger partial charge in [-0.15, -0.1) is 21.5 Å². The molecule has 1 amide bonds. The number of aromatic nitrogens is 6. The molecule has 318 valence electrons. The molecule has 0 unspecified atom stereocenters. The number of carbonyl (C=O) groups is 1. The van der Waals surface area contributed by atoms with E-state index in [9.17, 15) is 22.0 Å². The Labute approximate surface area is 364 Å². The Morgan fingerprint density at radius 2 is 1.74 bits per heavy atom. The summed E-state index contributed by atoms with van der Waals surface area (Å²) in [5.41, 5.74) is 5.85. The average molecular weight is 898 g/mol. The van der Waals surface area contributed by atoms with E-state index < -0.39 is 32.6 Å². The Morgan fingerprint density at radius 3 is 2.50 bits per heavy atom. The zero-order valence-corrected chi connectivity index (χ0v) is 36.3. The largest absolute Gasteiger partial charge is 0.491 e. The smallest absolute Gasteiger partial charge is 0.264 e. The quantitative estimate of drug-likeness (QED) is 0.107. The van der Waals surface area contributed by atoms with Gasteiger partial charge >= 0.3 is 0 Å². The van der Waals surface area contributed by atoms with Gasteiger partial charge in [-0.2, -0.15) is 0 Å². The predicted octanol–water partition coefficient (Wildman–Crippen LogP) is 8.18. The number of aliphatic imine (C=N–C) groups is 1. The molecule has 0 saturated carbocycles. The molecule has 1 atom stereocenters. The van der Waals surface area contributed by atoms with Gasteiger partial charge in [0.15, 0.2) is 5.82 Å². The Hall–Kier alpha value is -6.37. The summed E-state index contributed by atoms with van der Waals surface area (Å²) < 4.78 is 70.3. The number of carbonyl (C=O) groups excluding carboxylic acids is 1. The zero-order chi connectivity index (χ0) is 43.9. The maximum atomic E-state index is 14.5. The number of nitrogens with zero attached hydrogens (tertiary/aromatic N) is 7. The van der Waals surface area contributed by atoms with Crippen LogP contribution in [0.1, 0.15) is 57.8 Å². The van der Waals surface area contributed by atoms with Gasteiger partial charge in [0.05, 0.1) is 25.8 Å². The Morgan fingerprint density at radius 1 is 0.952 bits per heavy atom. The predicted molar refractivity (Wildman–Crippen MR) is 232 cm³/mol. The fourth-order valence-electron chi connectivity index (χ4n) is 7.14. The molecular weight excluding hydrogens is 860 g/mol. The van der Waals surface area contributed by atoms with Gasteiger partial charge in [0.2, 0.25) is 11.8 Å². The molecule has 5 heterocycles. The fourth-order valence-corrected chi connectivity index (χ4v) is 9.59. The molecule has 1 aliphatic heterocycles. The summed E-state index contributed by atoms with van der Waals surface area (Å²) in [5.74, 6) is -0.794. The van der Waals surface area contributed by atoms with E-state index >= 15 is 0 Å². The number of aryl methyl sites for hydroxylation is 3. The van der Waals surface area contributed by atoms with Crippen molar-refractivity contribution >= 4 is 61.2 Å². The third-order valence-electron chi connectivity index (χ3n) is 10.3. The monoisotopic (exact) mass is 897 g/mol. The minimum Gasteiger partial charge on any atom is -0.491 e. The number of rotatable bonds is 13. The highest BCUT2D eigenvalue weighted by Crippen LogP contribution is 2.40. The molecule has 2 N–H and O–H groups in total. The second-order valence-corrected chi connectivity index (χ2v) is 17.7. The molecule has 0 fully saturated rings. The Bertz CT molecular complexity index is 3030. The van der Waals surface area contributed by atoms with Crippen LogP contribution >= 0.6 is 22.9 Å².